The maximum Gasteiger partial charge on any atom is 0.243 e. The minimum Gasteiger partial charge on any atom is -0.457 e. The first-order valence-corrected chi connectivity index (χ1v) is 9.75. The summed E-state index contributed by atoms with van der Waals surface area (Å²) in [6.07, 6.45) is 4.36. The van der Waals surface area contributed by atoms with Crippen molar-refractivity contribution in [3.63, 3.8) is 0 Å². The van der Waals surface area contributed by atoms with Crippen LogP contribution in [-0.2, 0) is 4.79 Å². The molecule has 2 aromatic carbocycles. The number of amides is 1. The van der Waals surface area contributed by atoms with Crippen molar-refractivity contribution in [2.75, 3.05) is 11.1 Å². The molecule has 0 bridgehead atoms. The summed E-state index contributed by atoms with van der Waals surface area (Å²) in [5.74, 6) is 2.44. The van der Waals surface area contributed by atoms with Gasteiger partial charge in [0, 0.05) is 12.1 Å². The van der Waals surface area contributed by atoms with Crippen LogP contribution in [0.4, 0.5) is 11.6 Å². The number of para-hydroxylation sites is 1. The van der Waals surface area contributed by atoms with Crippen molar-refractivity contribution in [3.05, 3.63) is 73.6 Å². The fourth-order valence-electron chi connectivity index (χ4n) is 3.41. The van der Waals surface area contributed by atoms with Gasteiger partial charge < -0.3 is 21.1 Å². The zero-order valence-corrected chi connectivity index (χ0v) is 16.4. The molecule has 1 fully saturated rings. The molecule has 1 aromatic heterocycles. The van der Waals surface area contributed by atoms with Crippen LogP contribution in [0.5, 0.6) is 11.5 Å². The summed E-state index contributed by atoms with van der Waals surface area (Å²) >= 11 is 0. The largest absolute Gasteiger partial charge is 0.457 e. The SMILES string of the molecule is C=CC(=O)NC1CC(Nc2ncnc(N)c2-c2ccc(Oc3ccccc3)cc2)C1. The van der Waals surface area contributed by atoms with E-state index in [-0.39, 0.29) is 18.0 Å². The molecule has 0 atom stereocenters. The lowest BCUT2D eigenvalue weighted by atomic mass is 9.86. The van der Waals surface area contributed by atoms with E-state index in [1.807, 2.05) is 54.6 Å². The number of nitrogens with two attached hydrogens (primary N) is 1. The maximum absolute atomic E-state index is 11.4. The average molecular weight is 401 g/mol. The molecule has 4 N–H and O–H groups in total. The first-order valence-electron chi connectivity index (χ1n) is 9.75. The van der Waals surface area contributed by atoms with Crippen molar-refractivity contribution in [1.82, 2.24) is 15.3 Å². The quantitative estimate of drug-likeness (QED) is 0.521. The number of carbonyl (C=O) groups is 1. The monoisotopic (exact) mass is 401 g/mol. The van der Waals surface area contributed by atoms with Gasteiger partial charge in [-0.05, 0) is 48.7 Å². The standard InChI is InChI=1S/C23H23N5O2/c1-2-20(29)27-16-12-17(13-16)28-23-21(22(24)25-14-26-23)15-8-10-19(11-9-15)30-18-6-4-3-5-7-18/h2-11,14,16-17H,1,12-13H2,(H,27,29)(H3,24,25,26,28). The van der Waals surface area contributed by atoms with Gasteiger partial charge in [0.05, 0.1) is 5.56 Å². The van der Waals surface area contributed by atoms with E-state index < -0.39 is 0 Å². The van der Waals surface area contributed by atoms with Crippen LogP contribution in [0.15, 0.2) is 73.6 Å². The van der Waals surface area contributed by atoms with Gasteiger partial charge >= 0.3 is 0 Å². The molecule has 152 valence electrons. The van der Waals surface area contributed by atoms with Gasteiger partial charge in [0.2, 0.25) is 5.91 Å². The fraction of sp³-hybridized carbons (Fsp3) is 0.174. The predicted molar refractivity (Wildman–Crippen MR) is 117 cm³/mol. The molecule has 0 saturated heterocycles. The molecule has 0 spiro atoms. The second-order valence-electron chi connectivity index (χ2n) is 7.14. The van der Waals surface area contributed by atoms with Gasteiger partial charge in [-0.15, -0.1) is 0 Å². The summed E-state index contributed by atoms with van der Waals surface area (Å²) in [5, 5.41) is 6.32. The topological polar surface area (TPSA) is 102 Å². The lowest BCUT2D eigenvalue weighted by Crippen LogP contribution is -2.49. The lowest BCUT2D eigenvalue weighted by molar-refractivity contribution is -0.117. The van der Waals surface area contributed by atoms with Gasteiger partial charge in [0.1, 0.15) is 29.5 Å². The molecule has 1 amide bonds. The Balaban J connectivity index is 1.47. The molecular formula is C23H23N5O2. The first kappa shape index (κ1) is 19.4. The van der Waals surface area contributed by atoms with Gasteiger partial charge in [0.15, 0.2) is 0 Å². The molecule has 0 aliphatic heterocycles. The predicted octanol–water partition coefficient (Wildman–Crippen LogP) is 3.76. The van der Waals surface area contributed by atoms with E-state index in [2.05, 4.69) is 27.2 Å². The number of hydrogen-bond donors (Lipinski definition) is 3. The van der Waals surface area contributed by atoms with Crippen LogP contribution in [-0.4, -0.2) is 28.0 Å². The normalized spacial score (nSPS) is 17.5. The lowest BCUT2D eigenvalue weighted by Gasteiger charge is -2.36. The van der Waals surface area contributed by atoms with Crippen molar-refractivity contribution < 1.29 is 9.53 Å². The van der Waals surface area contributed by atoms with Crippen molar-refractivity contribution in [1.29, 1.82) is 0 Å². The van der Waals surface area contributed by atoms with Gasteiger partial charge in [-0.2, -0.15) is 0 Å². The van der Waals surface area contributed by atoms with E-state index in [0.717, 1.165) is 35.5 Å². The number of hydrogen-bond acceptors (Lipinski definition) is 6. The minimum absolute atomic E-state index is 0.144. The zero-order valence-electron chi connectivity index (χ0n) is 16.4. The van der Waals surface area contributed by atoms with E-state index >= 15 is 0 Å². The highest BCUT2D eigenvalue weighted by Crippen LogP contribution is 2.34. The van der Waals surface area contributed by atoms with E-state index in [1.54, 1.807) is 0 Å². The molecule has 1 saturated carbocycles. The highest BCUT2D eigenvalue weighted by atomic mass is 16.5. The van der Waals surface area contributed by atoms with Gasteiger partial charge in [-0.25, -0.2) is 9.97 Å². The fourth-order valence-corrected chi connectivity index (χ4v) is 3.41. The summed E-state index contributed by atoms with van der Waals surface area (Å²) < 4.78 is 5.85. The van der Waals surface area contributed by atoms with Crippen LogP contribution < -0.4 is 21.1 Å². The Hall–Kier alpha value is -3.87. The van der Waals surface area contributed by atoms with Crippen molar-refractivity contribution >= 4 is 17.5 Å². The Morgan fingerprint density at radius 1 is 1.03 bits per heavy atom. The molecule has 1 aliphatic rings. The summed E-state index contributed by atoms with van der Waals surface area (Å²) in [7, 11) is 0. The minimum atomic E-state index is -0.150. The van der Waals surface area contributed by atoms with Crippen molar-refractivity contribution in [2.24, 2.45) is 0 Å². The second-order valence-corrected chi connectivity index (χ2v) is 7.14. The highest BCUT2D eigenvalue weighted by molar-refractivity contribution is 5.87. The molecule has 3 aromatic rings. The number of aromatic nitrogens is 2. The van der Waals surface area contributed by atoms with E-state index in [0.29, 0.717) is 11.6 Å². The summed E-state index contributed by atoms with van der Waals surface area (Å²) in [6.45, 7) is 3.48. The molecule has 4 rings (SSSR count). The smallest absolute Gasteiger partial charge is 0.243 e. The van der Waals surface area contributed by atoms with E-state index in [9.17, 15) is 4.79 Å². The summed E-state index contributed by atoms with van der Waals surface area (Å²) in [4.78, 5) is 20.0. The van der Waals surface area contributed by atoms with Crippen LogP contribution in [0, 0.1) is 0 Å². The number of nitrogens with one attached hydrogen (secondary N) is 2. The molecule has 0 unspecified atom stereocenters. The van der Waals surface area contributed by atoms with Crippen LogP contribution in [0.1, 0.15) is 12.8 Å². The molecule has 1 aliphatic carbocycles. The third kappa shape index (κ3) is 4.41. The number of nitrogen functional groups attached to an aromatic ring is 1. The van der Waals surface area contributed by atoms with Crippen LogP contribution in [0.25, 0.3) is 11.1 Å². The average Bonchev–Trinajstić information content (AvgIpc) is 2.74. The van der Waals surface area contributed by atoms with Gasteiger partial charge in [-0.1, -0.05) is 36.9 Å². The Morgan fingerprint density at radius 2 is 1.73 bits per heavy atom. The number of ether oxygens (including phenoxy) is 1. The Kier molecular flexibility index (Phi) is 5.61. The maximum atomic E-state index is 11.4. The number of benzene rings is 2. The number of anilines is 2. The van der Waals surface area contributed by atoms with E-state index in [4.69, 9.17) is 10.5 Å². The molecular weight excluding hydrogens is 378 g/mol. The van der Waals surface area contributed by atoms with Gasteiger partial charge in [-0.3, -0.25) is 4.79 Å². The molecule has 7 nitrogen and oxygen atoms in total. The molecule has 0 radical (unpaired) electrons. The van der Waals surface area contributed by atoms with Crippen LogP contribution in [0.2, 0.25) is 0 Å². The third-order valence-corrected chi connectivity index (χ3v) is 5.01. The number of carbonyl (C=O) groups excluding carboxylic acids is 1. The number of rotatable bonds is 7. The first-order chi connectivity index (χ1) is 14.6. The summed E-state index contributed by atoms with van der Waals surface area (Å²) in [6, 6.07) is 17.6. The van der Waals surface area contributed by atoms with Crippen LogP contribution in [0.3, 0.4) is 0 Å². The molecule has 30 heavy (non-hydrogen) atoms. The highest BCUT2D eigenvalue weighted by Gasteiger charge is 2.30. The molecule has 7 heteroatoms. The Labute approximate surface area is 175 Å². The Bertz CT molecular complexity index is 1030. The van der Waals surface area contributed by atoms with Gasteiger partial charge in [0.25, 0.3) is 0 Å². The number of nitrogens with zero attached hydrogens (tertiary/aromatic N) is 2. The van der Waals surface area contributed by atoms with Crippen LogP contribution >= 0.6 is 0 Å². The summed E-state index contributed by atoms with van der Waals surface area (Å²) in [5.41, 5.74) is 7.82. The molecule has 1 heterocycles. The van der Waals surface area contributed by atoms with Crippen molar-refractivity contribution in [2.45, 2.75) is 24.9 Å². The Morgan fingerprint density at radius 3 is 2.43 bits per heavy atom. The second kappa shape index (κ2) is 8.65. The third-order valence-electron chi connectivity index (χ3n) is 5.01. The van der Waals surface area contributed by atoms with E-state index in [1.165, 1.54) is 12.4 Å². The zero-order chi connectivity index (χ0) is 20.9. The van der Waals surface area contributed by atoms with Crippen molar-refractivity contribution in [3.8, 4) is 22.6 Å².